The first-order valence-corrected chi connectivity index (χ1v) is 7.92. The lowest BCUT2D eigenvalue weighted by molar-refractivity contribution is 0.0951. The van der Waals surface area contributed by atoms with Gasteiger partial charge in [-0.2, -0.15) is 0 Å². The zero-order valence-corrected chi connectivity index (χ0v) is 14.1. The van der Waals surface area contributed by atoms with Gasteiger partial charge in [-0.15, -0.1) is 0 Å². The smallest absolute Gasteiger partial charge is 0.251 e. The molecule has 6 heteroatoms. The van der Waals surface area contributed by atoms with Gasteiger partial charge in [0.05, 0.1) is 0 Å². The van der Waals surface area contributed by atoms with Gasteiger partial charge in [0.2, 0.25) is 0 Å². The van der Waals surface area contributed by atoms with E-state index in [1.54, 1.807) is 30.5 Å². The second-order valence-electron chi connectivity index (χ2n) is 5.82. The standard InChI is InChI=1S/C18H23FN4O/c1-23(2)11-3-9-20-17-12-15(8-10-21-17)18(24)22-13-14-4-6-16(19)7-5-14/h4-8,10,12H,3,9,11,13H2,1-2H3,(H,20,21)(H,22,24). The Kier molecular flexibility index (Phi) is 6.69. The summed E-state index contributed by atoms with van der Waals surface area (Å²) in [5, 5.41) is 6.04. The number of hydrogen-bond acceptors (Lipinski definition) is 4. The quantitative estimate of drug-likeness (QED) is 0.730. The maximum Gasteiger partial charge on any atom is 0.251 e. The molecule has 0 fully saturated rings. The normalized spacial score (nSPS) is 10.7. The molecule has 1 aromatic carbocycles. The highest BCUT2D eigenvalue weighted by molar-refractivity contribution is 5.94. The lowest BCUT2D eigenvalue weighted by Crippen LogP contribution is -2.23. The molecule has 0 aliphatic carbocycles. The first kappa shape index (κ1) is 17.9. The fraction of sp³-hybridized carbons (Fsp3) is 0.333. The second-order valence-corrected chi connectivity index (χ2v) is 5.82. The Balaban J connectivity index is 1.85. The number of nitrogens with one attached hydrogen (secondary N) is 2. The minimum atomic E-state index is -0.288. The zero-order chi connectivity index (χ0) is 17.4. The van der Waals surface area contributed by atoms with Gasteiger partial charge in [0, 0.05) is 24.8 Å². The summed E-state index contributed by atoms with van der Waals surface area (Å²) in [5.41, 5.74) is 1.39. The van der Waals surface area contributed by atoms with Gasteiger partial charge < -0.3 is 15.5 Å². The lowest BCUT2D eigenvalue weighted by atomic mass is 10.2. The van der Waals surface area contributed by atoms with E-state index >= 15 is 0 Å². The van der Waals surface area contributed by atoms with Gasteiger partial charge in [0.15, 0.2) is 0 Å². The van der Waals surface area contributed by atoms with E-state index < -0.39 is 0 Å². The summed E-state index contributed by atoms with van der Waals surface area (Å²) in [5.74, 6) is 0.213. The Bertz CT molecular complexity index is 658. The maximum absolute atomic E-state index is 12.9. The number of carbonyl (C=O) groups excluding carboxylic acids is 1. The van der Waals surface area contributed by atoms with Crippen molar-refractivity contribution in [2.45, 2.75) is 13.0 Å². The van der Waals surface area contributed by atoms with Crippen molar-refractivity contribution in [3.05, 3.63) is 59.5 Å². The van der Waals surface area contributed by atoms with Gasteiger partial charge in [-0.05, 0) is 56.9 Å². The molecular formula is C18H23FN4O. The van der Waals surface area contributed by atoms with Crippen molar-refractivity contribution < 1.29 is 9.18 Å². The highest BCUT2D eigenvalue weighted by Crippen LogP contribution is 2.08. The number of carbonyl (C=O) groups is 1. The number of rotatable bonds is 8. The minimum Gasteiger partial charge on any atom is -0.370 e. The Labute approximate surface area is 141 Å². The molecule has 0 aliphatic heterocycles. The van der Waals surface area contributed by atoms with Crippen LogP contribution in [0.2, 0.25) is 0 Å². The fourth-order valence-electron chi connectivity index (χ4n) is 2.17. The van der Waals surface area contributed by atoms with Crippen LogP contribution in [0.1, 0.15) is 22.3 Å². The van der Waals surface area contributed by atoms with Crippen LogP contribution in [0.15, 0.2) is 42.6 Å². The van der Waals surface area contributed by atoms with Crippen molar-refractivity contribution in [3.8, 4) is 0 Å². The summed E-state index contributed by atoms with van der Waals surface area (Å²) in [6.07, 6.45) is 2.61. The van der Waals surface area contributed by atoms with E-state index in [0.29, 0.717) is 17.9 Å². The SMILES string of the molecule is CN(C)CCCNc1cc(C(=O)NCc2ccc(F)cc2)ccn1. The van der Waals surface area contributed by atoms with Crippen molar-refractivity contribution in [2.24, 2.45) is 0 Å². The van der Waals surface area contributed by atoms with E-state index in [9.17, 15) is 9.18 Å². The van der Waals surface area contributed by atoms with E-state index in [0.717, 1.165) is 25.1 Å². The van der Waals surface area contributed by atoms with Gasteiger partial charge >= 0.3 is 0 Å². The van der Waals surface area contributed by atoms with Crippen LogP contribution in [0, 0.1) is 5.82 Å². The number of pyridine rings is 1. The van der Waals surface area contributed by atoms with Gasteiger partial charge in [-0.1, -0.05) is 12.1 Å². The number of nitrogens with zero attached hydrogens (tertiary/aromatic N) is 2. The third-order valence-electron chi connectivity index (χ3n) is 3.48. The second kappa shape index (κ2) is 8.98. The number of halogens is 1. The number of amides is 1. The Hall–Kier alpha value is -2.47. The molecular weight excluding hydrogens is 307 g/mol. The molecule has 0 bridgehead atoms. The molecule has 2 rings (SSSR count). The zero-order valence-electron chi connectivity index (χ0n) is 14.1. The van der Waals surface area contributed by atoms with Gasteiger partial charge in [-0.25, -0.2) is 9.37 Å². The molecule has 0 radical (unpaired) electrons. The molecule has 2 aromatic rings. The van der Waals surface area contributed by atoms with Crippen LogP contribution in [0.4, 0.5) is 10.2 Å². The highest BCUT2D eigenvalue weighted by atomic mass is 19.1. The van der Waals surface area contributed by atoms with Crippen LogP contribution in [-0.2, 0) is 6.54 Å². The third-order valence-corrected chi connectivity index (χ3v) is 3.48. The summed E-state index contributed by atoms with van der Waals surface area (Å²) in [6, 6.07) is 9.47. The molecule has 0 atom stereocenters. The van der Waals surface area contributed by atoms with Crippen molar-refractivity contribution in [1.82, 2.24) is 15.2 Å². The largest absolute Gasteiger partial charge is 0.370 e. The van der Waals surface area contributed by atoms with E-state index in [1.807, 2.05) is 14.1 Å². The molecule has 0 unspecified atom stereocenters. The Morgan fingerprint density at radius 2 is 1.96 bits per heavy atom. The van der Waals surface area contributed by atoms with E-state index in [4.69, 9.17) is 0 Å². The first-order valence-electron chi connectivity index (χ1n) is 7.92. The van der Waals surface area contributed by atoms with E-state index in [-0.39, 0.29) is 11.7 Å². The van der Waals surface area contributed by atoms with Gasteiger partial charge in [0.1, 0.15) is 11.6 Å². The van der Waals surface area contributed by atoms with E-state index in [2.05, 4.69) is 20.5 Å². The van der Waals surface area contributed by atoms with Crippen molar-refractivity contribution in [1.29, 1.82) is 0 Å². The summed E-state index contributed by atoms with van der Waals surface area (Å²) in [4.78, 5) is 18.5. The predicted octanol–water partition coefficient (Wildman–Crippen LogP) is 2.51. The highest BCUT2D eigenvalue weighted by Gasteiger charge is 2.07. The van der Waals surface area contributed by atoms with Crippen molar-refractivity contribution in [2.75, 3.05) is 32.5 Å². The number of anilines is 1. The molecule has 1 heterocycles. The molecule has 5 nitrogen and oxygen atoms in total. The van der Waals surface area contributed by atoms with Crippen molar-refractivity contribution in [3.63, 3.8) is 0 Å². The fourth-order valence-corrected chi connectivity index (χ4v) is 2.17. The van der Waals surface area contributed by atoms with Crippen LogP contribution in [-0.4, -0.2) is 43.0 Å². The predicted molar refractivity (Wildman–Crippen MR) is 93.5 cm³/mol. The minimum absolute atomic E-state index is 0.182. The molecule has 24 heavy (non-hydrogen) atoms. The van der Waals surface area contributed by atoms with Crippen LogP contribution >= 0.6 is 0 Å². The third kappa shape index (κ3) is 5.96. The summed E-state index contributed by atoms with van der Waals surface area (Å²) in [7, 11) is 4.06. The lowest BCUT2D eigenvalue weighted by Gasteiger charge is -2.11. The Morgan fingerprint density at radius 3 is 2.67 bits per heavy atom. The molecule has 0 saturated carbocycles. The van der Waals surface area contributed by atoms with Crippen LogP contribution < -0.4 is 10.6 Å². The number of hydrogen-bond donors (Lipinski definition) is 2. The molecule has 1 amide bonds. The summed E-state index contributed by atoms with van der Waals surface area (Å²) >= 11 is 0. The number of aromatic nitrogens is 1. The molecule has 1 aromatic heterocycles. The van der Waals surface area contributed by atoms with Crippen LogP contribution in [0.3, 0.4) is 0 Å². The van der Waals surface area contributed by atoms with Gasteiger partial charge in [0.25, 0.3) is 5.91 Å². The topological polar surface area (TPSA) is 57.3 Å². The molecule has 0 aliphatic rings. The molecule has 128 valence electrons. The van der Waals surface area contributed by atoms with Gasteiger partial charge in [-0.3, -0.25) is 4.79 Å². The van der Waals surface area contributed by atoms with Crippen LogP contribution in [0.25, 0.3) is 0 Å². The molecule has 2 N–H and O–H groups in total. The molecule has 0 spiro atoms. The monoisotopic (exact) mass is 330 g/mol. The Morgan fingerprint density at radius 1 is 1.21 bits per heavy atom. The van der Waals surface area contributed by atoms with Crippen molar-refractivity contribution >= 4 is 11.7 Å². The maximum atomic E-state index is 12.9. The molecule has 0 saturated heterocycles. The summed E-state index contributed by atoms with van der Waals surface area (Å²) < 4.78 is 12.9. The average molecular weight is 330 g/mol. The summed E-state index contributed by atoms with van der Waals surface area (Å²) in [6.45, 7) is 2.14. The van der Waals surface area contributed by atoms with E-state index in [1.165, 1.54) is 12.1 Å². The number of benzene rings is 1. The average Bonchev–Trinajstić information content (AvgIpc) is 2.58. The first-order chi connectivity index (χ1) is 11.5. The van der Waals surface area contributed by atoms with Crippen LogP contribution in [0.5, 0.6) is 0 Å².